The van der Waals surface area contributed by atoms with Crippen LogP contribution in [0.15, 0.2) is 24.3 Å². The van der Waals surface area contributed by atoms with Gasteiger partial charge in [0.05, 0.1) is 13.2 Å². The number of aliphatic hydroxyl groups excluding tert-OH is 1. The number of carbonyl (C=O) groups is 1. The molecule has 1 unspecified atom stereocenters. The zero-order chi connectivity index (χ0) is 14.3. The second kappa shape index (κ2) is 8.15. The zero-order valence-corrected chi connectivity index (χ0v) is 12.2. The van der Waals surface area contributed by atoms with Gasteiger partial charge >= 0.3 is 0 Å². The number of nitrogens with zero attached hydrogens (tertiary/aromatic N) is 1. The van der Waals surface area contributed by atoms with Crippen LogP contribution in [0.1, 0.15) is 12.5 Å². The summed E-state index contributed by atoms with van der Waals surface area (Å²) in [7, 11) is 1.82. The molecule has 4 nitrogen and oxygen atoms in total. The smallest absolute Gasteiger partial charge is 0.234 e. The summed E-state index contributed by atoms with van der Waals surface area (Å²) in [4.78, 5) is 13.5. The van der Waals surface area contributed by atoms with Crippen molar-refractivity contribution in [3.63, 3.8) is 0 Å². The highest BCUT2D eigenvalue weighted by Gasteiger charge is 2.11. The van der Waals surface area contributed by atoms with Crippen LogP contribution in [0.4, 0.5) is 0 Å². The molecule has 0 spiro atoms. The van der Waals surface area contributed by atoms with Gasteiger partial charge in [-0.3, -0.25) is 9.69 Å². The number of aliphatic hydroxyl groups is 1. The molecule has 1 amide bonds. The van der Waals surface area contributed by atoms with E-state index >= 15 is 0 Å². The molecule has 1 aromatic carbocycles. The van der Waals surface area contributed by atoms with Gasteiger partial charge in [0.15, 0.2) is 0 Å². The summed E-state index contributed by atoms with van der Waals surface area (Å²) in [5, 5.41) is 12.5. The van der Waals surface area contributed by atoms with Crippen LogP contribution in [0.2, 0.25) is 5.02 Å². The van der Waals surface area contributed by atoms with Crippen LogP contribution in [-0.2, 0) is 11.2 Å². The maximum absolute atomic E-state index is 11.7. The van der Waals surface area contributed by atoms with Gasteiger partial charge in [0.25, 0.3) is 0 Å². The minimum Gasteiger partial charge on any atom is -0.395 e. The number of hydrogen-bond acceptors (Lipinski definition) is 3. The summed E-state index contributed by atoms with van der Waals surface area (Å²) >= 11 is 5.89. The molecule has 106 valence electrons. The van der Waals surface area contributed by atoms with E-state index in [1.165, 1.54) is 0 Å². The Hall–Kier alpha value is -1.10. The highest BCUT2D eigenvalue weighted by Crippen LogP contribution is 2.10. The highest BCUT2D eigenvalue weighted by atomic mass is 35.5. The van der Waals surface area contributed by atoms with Gasteiger partial charge in [-0.05, 0) is 38.1 Å². The molecular formula is C14H21ClN2O2. The van der Waals surface area contributed by atoms with Gasteiger partial charge in [-0.15, -0.1) is 0 Å². The third-order valence-electron chi connectivity index (χ3n) is 3.03. The molecule has 5 heteroatoms. The molecule has 1 aromatic rings. The van der Waals surface area contributed by atoms with Crippen LogP contribution in [0.5, 0.6) is 0 Å². The standard InChI is InChI=1S/C14H21ClN2O2/c1-11(10-18)17(2)9-14(19)16-7-6-12-4-3-5-13(15)8-12/h3-5,8,11,18H,6-7,9-10H2,1-2H3,(H,16,19). The van der Waals surface area contributed by atoms with Gasteiger partial charge in [0.2, 0.25) is 5.91 Å². The average molecular weight is 285 g/mol. The van der Waals surface area contributed by atoms with Gasteiger partial charge in [0.1, 0.15) is 0 Å². The molecule has 0 fully saturated rings. The maximum Gasteiger partial charge on any atom is 0.234 e. The second-order valence-corrected chi connectivity index (χ2v) is 5.11. The monoisotopic (exact) mass is 284 g/mol. The van der Waals surface area contributed by atoms with Crippen LogP contribution in [0.25, 0.3) is 0 Å². The lowest BCUT2D eigenvalue weighted by Gasteiger charge is -2.21. The van der Waals surface area contributed by atoms with Crippen molar-refractivity contribution in [2.24, 2.45) is 0 Å². The van der Waals surface area contributed by atoms with Crippen LogP contribution in [0, 0.1) is 0 Å². The number of halogens is 1. The van der Waals surface area contributed by atoms with E-state index in [0.717, 1.165) is 12.0 Å². The van der Waals surface area contributed by atoms with Crippen molar-refractivity contribution in [3.05, 3.63) is 34.9 Å². The minimum absolute atomic E-state index is 0.0151. The Morgan fingerprint density at radius 2 is 2.26 bits per heavy atom. The van der Waals surface area contributed by atoms with Crippen molar-refractivity contribution in [1.82, 2.24) is 10.2 Å². The molecule has 19 heavy (non-hydrogen) atoms. The molecule has 0 aliphatic carbocycles. The van der Waals surface area contributed by atoms with Gasteiger partial charge in [-0.1, -0.05) is 23.7 Å². The first-order chi connectivity index (χ1) is 9.02. The van der Waals surface area contributed by atoms with Crippen molar-refractivity contribution in [2.45, 2.75) is 19.4 Å². The Kier molecular flexibility index (Phi) is 6.84. The highest BCUT2D eigenvalue weighted by molar-refractivity contribution is 6.30. The van der Waals surface area contributed by atoms with Crippen molar-refractivity contribution in [2.75, 3.05) is 26.7 Å². The molecule has 0 aliphatic heterocycles. The van der Waals surface area contributed by atoms with Gasteiger partial charge in [0, 0.05) is 17.6 Å². The SMILES string of the molecule is CC(CO)N(C)CC(=O)NCCc1cccc(Cl)c1. The van der Waals surface area contributed by atoms with E-state index in [4.69, 9.17) is 16.7 Å². The van der Waals surface area contributed by atoms with Crippen molar-refractivity contribution in [1.29, 1.82) is 0 Å². The van der Waals surface area contributed by atoms with E-state index in [0.29, 0.717) is 11.6 Å². The summed E-state index contributed by atoms with van der Waals surface area (Å²) in [5.74, 6) is -0.0372. The molecule has 0 radical (unpaired) electrons. The molecule has 1 rings (SSSR count). The fourth-order valence-corrected chi connectivity index (χ4v) is 1.83. The lowest BCUT2D eigenvalue weighted by Crippen LogP contribution is -2.41. The topological polar surface area (TPSA) is 52.6 Å². The van der Waals surface area contributed by atoms with Crippen molar-refractivity contribution < 1.29 is 9.90 Å². The first-order valence-electron chi connectivity index (χ1n) is 6.35. The molecule has 0 saturated heterocycles. The number of carbonyl (C=O) groups excluding carboxylic acids is 1. The number of hydrogen-bond donors (Lipinski definition) is 2. The van der Waals surface area contributed by atoms with E-state index in [9.17, 15) is 4.79 Å². The Morgan fingerprint density at radius 1 is 1.53 bits per heavy atom. The molecule has 0 aromatic heterocycles. The Bertz CT molecular complexity index is 412. The Morgan fingerprint density at radius 3 is 2.89 bits per heavy atom. The molecule has 0 saturated carbocycles. The first kappa shape index (κ1) is 16.0. The van der Waals surface area contributed by atoms with Crippen LogP contribution in [-0.4, -0.2) is 48.7 Å². The molecule has 2 N–H and O–H groups in total. The minimum atomic E-state index is -0.0372. The number of benzene rings is 1. The lowest BCUT2D eigenvalue weighted by molar-refractivity contribution is -0.122. The fourth-order valence-electron chi connectivity index (χ4n) is 1.62. The number of amides is 1. The lowest BCUT2D eigenvalue weighted by atomic mass is 10.1. The number of rotatable bonds is 7. The first-order valence-corrected chi connectivity index (χ1v) is 6.73. The van der Waals surface area contributed by atoms with Crippen LogP contribution in [0.3, 0.4) is 0 Å². The number of likely N-dealkylation sites (N-methyl/N-ethyl adjacent to an activating group) is 1. The normalized spacial score (nSPS) is 12.5. The Labute approximate surface area is 119 Å². The summed E-state index contributed by atoms with van der Waals surface area (Å²) in [6.45, 7) is 2.79. The maximum atomic E-state index is 11.7. The van der Waals surface area contributed by atoms with Crippen molar-refractivity contribution in [3.8, 4) is 0 Å². The molecule has 0 heterocycles. The van der Waals surface area contributed by atoms with Gasteiger partial charge in [-0.2, -0.15) is 0 Å². The quantitative estimate of drug-likeness (QED) is 0.794. The van der Waals surface area contributed by atoms with Crippen LogP contribution >= 0.6 is 11.6 Å². The van der Waals surface area contributed by atoms with Crippen molar-refractivity contribution >= 4 is 17.5 Å². The second-order valence-electron chi connectivity index (χ2n) is 4.68. The fraction of sp³-hybridized carbons (Fsp3) is 0.500. The zero-order valence-electron chi connectivity index (χ0n) is 11.4. The average Bonchev–Trinajstić information content (AvgIpc) is 2.37. The predicted molar refractivity (Wildman–Crippen MR) is 77.3 cm³/mol. The van der Waals surface area contributed by atoms with Crippen LogP contribution < -0.4 is 5.32 Å². The van der Waals surface area contributed by atoms with E-state index in [1.54, 1.807) is 0 Å². The van der Waals surface area contributed by atoms with E-state index in [1.807, 2.05) is 43.1 Å². The number of nitrogens with one attached hydrogen (secondary N) is 1. The summed E-state index contributed by atoms with van der Waals surface area (Å²) < 4.78 is 0. The third kappa shape index (κ3) is 6.05. The largest absolute Gasteiger partial charge is 0.395 e. The summed E-state index contributed by atoms with van der Waals surface area (Å²) in [5.41, 5.74) is 1.10. The van der Waals surface area contributed by atoms with Gasteiger partial charge in [-0.25, -0.2) is 0 Å². The third-order valence-corrected chi connectivity index (χ3v) is 3.27. The molecular weight excluding hydrogens is 264 g/mol. The molecule has 1 atom stereocenters. The summed E-state index contributed by atoms with van der Waals surface area (Å²) in [6, 6.07) is 7.59. The molecule has 0 aliphatic rings. The van der Waals surface area contributed by atoms with E-state index < -0.39 is 0 Å². The molecule has 0 bridgehead atoms. The Balaban J connectivity index is 2.27. The summed E-state index contributed by atoms with van der Waals surface area (Å²) in [6.07, 6.45) is 0.756. The predicted octanol–water partition coefficient (Wildman–Crippen LogP) is 1.31. The van der Waals surface area contributed by atoms with Gasteiger partial charge < -0.3 is 10.4 Å². The van der Waals surface area contributed by atoms with E-state index in [2.05, 4.69) is 5.32 Å². The van der Waals surface area contributed by atoms with E-state index in [-0.39, 0.29) is 25.1 Å².